The van der Waals surface area contributed by atoms with Gasteiger partial charge in [0.05, 0.1) is 12.5 Å². The third-order valence-corrected chi connectivity index (χ3v) is 5.06. The zero-order chi connectivity index (χ0) is 26.5. The summed E-state index contributed by atoms with van der Waals surface area (Å²) in [6, 6.07) is 0.992. The van der Waals surface area contributed by atoms with Crippen molar-refractivity contribution in [1.82, 2.24) is 16.0 Å². The third-order valence-electron chi connectivity index (χ3n) is 5.06. The average Bonchev–Trinajstić information content (AvgIpc) is 2.78. The number of carboxylic acid groups (broad SMARTS) is 2. The van der Waals surface area contributed by atoms with E-state index in [9.17, 15) is 29.1 Å². The zero-order valence-corrected chi connectivity index (χ0v) is 19.4. The fourth-order valence-electron chi connectivity index (χ4n) is 3.05. The van der Waals surface area contributed by atoms with E-state index in [0.29, 0.717) is 31.4 Å². The first-order chi connectivity index (χ1) is 16.4. The Hall–Kier alpha value is -3.71. The van der Waals surface area contributed by atoms with Crippen LogP contribution in [0, 0.1) is 0 Å². The fraction of sp³-hybridized carbons (Fsp3) is 0.500. The molecule has 0 heterocycles. The van der Waals surface area contributed by atoms with Gasteiger partial charge in [-0.05, 0) is 44.0 Å². The topological polar surface area (TPSA) is 234 Å². The summed E-state index contributed by atoms with van der Waals surface area (Å²) in [5.41, 5.74) is 12.0. The van der Waals surface area contributed by atoms with E-state index in [1.807, 2.05) is 0 Å². The summed E-state index contributed by atoms with van der Waals surface area (Å²) in [6.07, 6.45) is 0.833. The minimum Gasteiger partial charge on any atom is -0.508 e. The number of nitrogens with one attached hydrogen (secondary N) is 3. The van der Waals surface area contributed by atoms with Crippen molar-refractivity contribution in [3.8, 4) is 5.75 Å². The minimum absolute atomic E-state index is 0.0124. The van der Waals surface area contributed by atoms with Gasteiger partial charge in [-0.3, -0.25) is 19.2 Å². The van der Waals surface area contributed by atoms with Crippen LogP contribution in [0.1, 0.15) is 38.2 Å². The molecule has 0 aromatic heterocycles. The Morgan fingerprint density at radius 3 is 2.03 bits per heavy atom. The lowest BCUT2D eigenvalue weighted by atomic mass is 10.0. The second kappa shape index (κ2) is 14.5. The van der Waals surface area contributed by atoms with E-state index in [0.717, 1.165) is 0 Å². The Balaban J connectivity index is 2.91. The number of unbranched alkanes of at least 4 members (excludes halogenated alkanes) is 1. The molecule has 0 aliphatic heterocycles. The molecule has 4 unspecified atom stereocenters. The van der Waals surface area contributed by atoms with E-state index in [2.05, 4.69) is 16.0 Å². The lowest BCUT2D eigenvalue weighted by Gasteiger charge is -2.23. The van der Waals surface area contributed by atoms with Crippen molar-refractivity contribution in [3.63, 3.8) is 0 Å². The molecule has 0 aliphatic carbocycles. The van der Waals surface area contributed by atoms with Crippen molar-refractivity contribution >= 4 is 29.7 Å². The van der Waals surface area contributed by atoms with Gasteiger partial charge in [-0.15, -0.1) is 0 Å². The number of phenolic OH excluding ortho intramolecular Hbond substituents is 1. The quantitative estimate of drug-likeness (QED) is 0.130. The lowest BCUT2D eigenvalue weighted by molar-refractivity contribution is -0.147. The fourth-order valence-corrected chi connectivity index (χ4v) is 3.05. The zero-order valence-electron chi connectivity index (χ0n) is 19.4. The van der Waals surface area contributed by atoms with Crippen LogP contribution in [0.2, 0.25) is 0 Å². The van der Waals surface area contributed by atoms with Gasteiger partial charge in [0.2, 0.25) is 17.7 Å². The standard InChI is InChI=1S/C22H33N5O8/c1-12(19(31)27-17(22(34)35)11-18(29)30)25-21(33)16(10-13-5-7-14(28)8-6-13)26-20(32)15(24)4-2-3-9-23/h5-8,12,15-17,28H,2-4,9-11,23-24H2,1H3,(H,25,33)(H,26,32)(H,27,31)(H,29,30)(H,34,35). The number of benzene rings is 1. The summed E-state index contributed by atoms with van der Waals surface area (Å²) in [4.78, 5) is 59.8. The molecular formula is C22H33N5O8. The monoisotopic (exact) mass is 495 g/mol. The molecule has 35 heavy (non-hydrogen) atoms. The predicted molar refractivity (Wildman–Crippen MR) is 124 cm³/mol. The molecule has 0 spiro atoms. The summed E-state index contributed by atoms with van der Waals surface area (Å²) < 4.78 is 0. The van der Waals surface area contributed by atoms with Crippen LogP contribution in [0.5, 0.6) is 5.75 Å². The second-order valence-corrected chi connectivity index (χ2v) is 8.05. The Labute approximate surface area is 202 Å². The maximum absolute atomic E-state index is 12.9. The minimum atomic E-state index is -1.68. The molecule has 4 atom stereocenters. The first kappa shape index (κ1) is 29.3. The number of carbonyl (C=O) groups excluding carboxylic acids is 3. The Bertz CT molecular complexity index is 892. The molecule has 0 fully saturated rings. The van der Waals surface area contributed by atoms with Crippen molar-refractivity contribution in [3.05, 3.63) is 29.8 Å². The van der Waals surface area contributed by atoms with Gasteiger partial charge < -0.3 is 42.7 Å². The number of amides is 3. The van der Waals surface area contributed by atoms with Crippen molar-refractivity contribution < 1.29 is 39.3 Å². The van der Waals surface area contributed by atoms with E-state index < -0.39 is 60.2 Å². The van der Waals surface area contributed by atoms with Gasteiger partial charge in [0, 0.05) is 6.42 Å². The Morgan fingerprint density at radius 2 is 1.49 bits per heavy atom. The Morgan fingerprint density at radius 1 is 0.886 bits per heavy atom. The number of carboxylic acids is 2. The summed E-state index contributed by atoms with van der Waals surface area (Å²) in [6.45, 7) is 1.74. The number of carbonyl (C=O) groups is 5. The van der Waals surface area contributed by atoms with Gasteiger partial charge in [0.25, 0.3) is 0 Å². The molecule has 0 saturated carbocycles. The molecule has 194 valence electrons. The van der Waals surface area contributed by atoms with Crippen molar-refractivity contribution in [2.45, 2.75) is 63.2 Å². The highest BCUT2D eigenvalue weighted by Crippen LogP contribution is 2.12. The van der Waals surface area contributed by atoms with Crippen LogP contribution in [0.25, 0.3) is 0 Å². The van der Waals surface area contributed by atoms with E-state index in [1.165, 1.54) is 19.1 Å². The maximum Gasteiger partial charge on any atom is 0.326 e. The van der Waals surface area contributed by atoms with Crippen LogP contribution in [0.3, 0.4) is 0 Å². The van der Waals surface area contributed by atoms with Crippen LogP contribution < -0.4 is 27.4 Å². The van der Waals surface area contributed by atoms with Gasteiger partial charge in [0.1, 0.15) is 23.9 Å². The van der Waals surface area contributed by atoms with Crippen LogP contribution in [0.4, 0.5) is 0 Å². The van der Waals surface area contributed by atoms with Gasteiger partial charge in [-0.25, -0.2) is 4.79 Å². The summed E-state index contributed by atoms with van der Waals surface area (Å²) in [7, 11) is 0. The molecule has 1 aromatic rings. The number of hydrogen-bond donors (Lipinski definition) is 8. The number of aromatic hydroxyl groups is 1. The highest BCUT2D eigenvalue weighted by atomic mass is 16.4. The molecular weight excluding hydrogens is 462 g/mol. The molecule has 13 heteroatoms. The molecule has 10 N–H and O–H groups in total. The van der Waals surface area contributed by atoms with Gasteiger partial charge in [0.15, 0.2) is 0 Å². The molecule has 1 rings (SSSR count). The van der Waals surface area contributed by atoms with Crippen LogP contribution >= 0.6 is 0 Å². The molecule has 1 aromatic carbocycles. The van der Waals surface area contributed by atoms with Crippen LogP contribution in [-0.4, -0.2) is 75.7 Å². The largest absolute Gasteiger partial charge is 0.508 e. The van der Waals surface area contributed by atoms with E-state index in [-0.39, 0.29) is 12.2 Å². The van der Waals surface area contributed by atoms with Crippen molar-refractivity contribution in [1.29, 1.82) is 0 Å². The SMILES string of the molecule is CC(NC(=O)C(Cc1ccc(O)cc1)NC(=O)C(N)CCCCN)C(=O)NC(CC(=O)O)C(=O)O. The predicted octanol–water partition coefficient (Wildman–Crippen LogP) is -1.58. The normalized spacial score (nSPS) is 14.1. The molecule has 0 saturated heterocycles. The van der Waals surface area contributed by atoms with E-state index >= 15 is 0 Å². The van der Waals surface area contributed by atoms with Gasteiger partial charge in [-0.2, -0.15) is 0 Å². The number of hydrogen-bond acceptors (Lipinski definition) is 8. The van der Waals surface area contributed by atoms with Crippen molar-refractivity contribution in [2.24, 2.45) is 11.5 Å². The maximum atomic E-state index is 12.9. The average molecular weight is 496 g/mol. The lowest BCUT2D eigenvalue weighted by Crippen LogP contribution is -2.57. The van der Waals surface area contributed by atoms with Crippen molar-refractivity contribution in [2.75, 3.05) is 6.54 Å². The van der Waals surface area contributed by atoms with Gasteiger partial charge >= 0.3 is 11.9 Å². The third kappa shape index (κ3) is 10.8. The second-order valence-electron chi connectivity index (χ2n) is 8.05. The Kier molecular flexibility index (Phi) is 12.2. The van der Waals surface area contributed by atoms with Crippen LogP contribution in [-0.2, 0) is 30.4 Å². The van der Waals surface area contributed by atoms with Crippen LogP contribution in [0.15, 0.2) is 24.3 Å². The summed E-state index contributed by atoms with van der Waals surface area (Å²) in [5.74, 6) is -5.19. The molecule has 0 radical (unpaired) electrons. The van der Waals surface area contributed by atoms with E-state index in [4.69, 9.17) is 21.7 Å². The first-order valence-electron chi connectivity index (χ1n) is 11.0. The summed E-state index contributed by atoms with van der Waals surface area (Å²) in [5, 5.41) is 34.4. The van der Waals surface area contributed by atoms with Gasteiger partial charge in [-0.1, -0.05) is 18.6 Å². The number of phenols is 1. The number of aliphatic carboxylic acids is 2. The number of rotatable bonds is 15. The highest BCUT2D eigenvalue weighted by Gasteiger charge is 2.29. The first-order valence-corrected chi connectivity index (χ1v) is 11.0. The molecule has 13 nitrogen and oxygen atoms in total. The highest BCUT2D eigenvalue weighted by molar-refractivity contribution is 5.94. The summed E-state index contributed by atoms with van der Waals surface area (Å²) >= 11 is 0. The number of nitrogens with two attached hydrogens (primary N) is 2. The smallest absolute Gasteiger partial charge is 0.326 e. The molecule has 0 bridgehead atoms. The molecule has 0 aliphatic rings. The van der Waals surface area contributed by atoms with E-state index in [1.54, 1.807) is 12.1 Å². The molecule has 3 amide bonds.